The third kappa shape index (κ3) is 3.20. The van der Waals surface area contributed by atoms with Crippen LogP contribution in [0.3, 0.4) is 0 Å². The molecular formula is C18H21NS2. The summed E-state index contributed by atoms with van der Waals surface area (Å²) in [4.78, 5) is 2.82. The maximum absolute atomic E-state index is 3.64. The fourth-order valence-electron chi connectivity index (χ4n) is 2.58. The molecule has 0 spiro atoms. The van der Waals surface area contributed by atoms with Crippen molar-refractivity contribution in [3.8, 4) is 10.4 Å². The minimum absolute atomic E-state index is 0.494. The molecule has 0 amide bonds. The van der Waals surface area contributed by atoms with Crippen molar-refractivity contribution in [2.24, 2.45) is 0 Å². The lowest BCUT2D eigenvalue weighted by molar-refractivity contribution is 0.525. The first-order valence-corrected chi connectivity index (χ1v) is 9.32. The van der Waals surface area contributed by atoms with Crippen LogP contribution < -0.4 is 5.32 Å². The molecule has 0 radical (unpaired) electrons. The Morgan fingerprint density at radius 2 is 2.00 bits per heavy atom. The predicted octanol–water partition coefficient (Wildman–Crippen LogP) is 6.08. The van der Waals surface area contributed by atoms with E-state index in [2.05, 4.69) is 60.9 Å². The Bertz CT molecular complexity index is 711. The van der Waals surface area contributed by atoms with Gasteiger partial charge in [-0.05, 0) is 66.0 Å². The van der Waals surface area contributed by atoms with Gasteiger partial charge in [0, 0.05) is 20.5 Å². The average molecular weight is 316 g/mol. The molecule has 110 valence electrons. The summed E-state index contributed by atoms with van der Waals surface area (Å²) in [6.07, 6.45) is 2.33. The molecule has 1 N–H and O–H groups in total. The molecule has 0 aliphatic carbocycles. The van der Waals surface area contributed by atoms with Gasteiger partial charge in [0.1, 0.15) is 0 Å². The van der Waals surface area contributed by atoms with Gasteiger partial charge >= 0.3 is 0 Å². The fraction of sp³-hybridized carbons (Fsp3) is 0.333. The third-order valence-electron chi connectivity index (χ3n) is 3.76. The van der Waals surface area contributed by atoms with E-state index in [1.54, 1.807) is 0 Å². The molecule has 0 bridgehead atoms. The maximum Gasteiger partial charge on any atom is 0.0412 e. The molecule has 0 aliphatic heterocycles. The van der Waals surface area contributed by atoms with E-state index in [0.29, 0.717) is 6.04 Å². The molecule has 1 aromatic carbocycles. The molecule has 0 aliphatic rings. The summed E-state index contributed by atoms with van der Waals surface area (Å²) in [6, 6.07) is 14.0. The molecule has 0 saturated carbocycles. The Hall–Kier alpha value is -1.16. The molecule has 1 atom stereocenters. The zero-order chi connectivity index (χ0) is 14.7. The highest BCUT2D eigenvalue weighted by molar-refractivity contribution is 7.17. The molecule has 1 unspecified atom stereocenters. The Balaban J connectivity index is 1.86. The number of nitrogens with one attached hydrogen (secondary N) is 1. The van der Waals surface area contributed by atoms with Crippen LogP contribution in [-0.4, -0.2) is 6.54 Å². The van der Waals surface area contributed by atoms with Crippen LogP contribution in [0.2, 0.25) is 0 Å². The van der Waals surface area contributed by atoms with E-state index in [0.717, 1.165) is 13.0 Å². The van der Waals surface area contributed by atoms with Gasteiger partial charge in [0.15, 0.2) is 0 Å². The van der Waals surface area contributed by atoms with E-state index < -0.39 is 0 Å². The second-order valence-corrected chi connectivity index (χ2v) is 7.35. The SMILES string of the molecule is CCCNC(CC)c1ccc(-c2ccc3sccc3c2)s1. The molecule has 1 nitrogen and oxygen atoms in total. The average Bonchev–Trinajstić information content (AvgIpc) is 3.16. The second-order valence-electron chi connectivity index (χ2n) is 5.29. The molecular weight excluding hydrogens is 294 g/mol. The zero-order valence-electron chi connectivity index (χ0n) is 12.6. The number of hydrogen-bond acceptors (Lipinski definition) is 3. The van der Waals surface area contributed by atoms with Crippen molar-refractivity contribution in [3.63, 3.8) is 0 Å². The van der Waals surface area contributed by atoms with Gasteiger partial charge in [-0.3, -0.25) is 0 Å². The van der Waals surface area contributed by atoms with E-state index >= 15 is 0 Å². The largest absolute Gasteiger partial charge is 0.309 e. The van der Waals surface area contributed by atoms with Crippen LogP contribution in [0.1, 0.15) is 37.6 Å². The number of benzene rings is 1. The summed E-state index contributed by atoms with van der Waals surface area (Å²) < 4.78 is 1.37. The van der Waals surface area contributed by atoms with Crippen molar-refractivity contribution >= 4 is 32.8 Å². The quantitative estimate of drug-likeness (QED) is 0.581. The van der Waals surface area contributed by atoms with Crippen LogP contribution in [0.5, 0.6) is 0 Å². The summed E-state index contributed by atoms with van der Waals surface area (Å²) in [5.41, 5.74) is 1.34. The van der Waals surface area contributed by atoms with Crippen molar-refractivity contribution in [2.45, 2.75) is 32.7 Å². The van der Waals surface area contributed by atoms with Gasteiger partial charge in [0.2, 0.25) is 0 Å². The van der Waals surface area contributed by atoms with Crippen molar-refractivity contribution in [3.05, 3.63) is 46.7 Å². The van der Waals surface area contributed by atoms with Gasteiger partial charge in [-0.25, -0.2) is 0 Å². The molecule has 3 rings (SSSR count). The fourth-order valence-corrected chi connectivity index (χ4v) is 4.51. The van der Waals surface area contributed by atoms with Gasteiger partial charge in [-0.1, -0.05) is 19.9 Å². The minimum Gasteiger partial charge on any atom is -0.309 e. The lowest BCUT2D eigenvalue weighted by atomic mass is 10.1. The summed E-state index contributed by atoms with van der Waals surface area (Å²) in [7, 11) is 0. The first-order valence-electron chi connectivity index (χ1n) is 7.62. The molecule has 21 heavy (non-hydrogen) atoms. The third-order valence-corrected chi connectivity index (χ3v) is 5.90. The number of fused-ring (bicyclic) bond motifs is 1. The van der Waals surface area contributed by atoms with Gasteiger partial charge in [0.25, 0.3) is 0 Å². The Morgan fingerprint density at radius 1 is 1.10 bits per heavy atom. The maximum atomic E-state index is 3.64. The highest BCUT2D eigenvalue weighted by Crippen LogP contribution is 2.34. The summed E-state index contributed by atoms with van der Waals surface area (Å²) in [5, 5.41) is 7.15. The summed E-state index contributed by atoms with van der Waals surface area (Å²) >= 11 is 3.73. The topological polar surface area (TPSA) is 12.0 Å². The second kappa shape index (κ2) is 6.73. The van der Waals surface area contributed by atoms with E-state index in [9.17, 15) is 0 Å². The molecule has 0 saturated heterocycles. The Morgan fingerprint density at radius 3 is 2.81 bits per heavy atom. The molecule has 3 heteroatoms. The van der Waals surface area contributed by atoms with Crippen LogP contribution in [0, 0.1) is 0 Å². The molecule has 0 fully saturated rings. The lowest BCUT2D eigenvalue weighted by Crippen LogP contribution is -2.20. The zero-order valence-corrected chi connectivity index (χ0v) is 14.2. The Kier molecular flexibility index (Phi) is 4.73. The minimum atomic E-state index is 0.494. The lowest BCUT2D eigenvalue weighted by Gasteiger charge is -2.14. The van der Waals surface area contributed by atoms with Crippen LogP contribution in [0.25, 0.3) is 20.5 Å². The normalized spacial score (nSPS) is 12.9. The highest BCUT2D eigenvalue weighted by atomic mass is 32.1. The van der Waals surface area contributed by atoms with Crippen LogP contribution >= 0.6 is 22.7 Å². The van der Waals surface area contributed by atoms with Gasteiger partial charge in [-0.2, -0.15) is 0 Å². The van der Waals surface area contributed by atoms with Gasteiger partial charge in [-0.15, -0.1) is 22.7 Å². The van der Waals surface area contributed by atoms with Gasteiger partial charge in [0.05, 0.1) is 0 Å². The molecule has 2 heterocycles. The van der Waals surface area contributed by atoms with E-state index in [4.69, 9.17) is 0 Å². The van der Waals surface area contributed by atoms with Crippen molar-refractivity contribution in [1.82, 2.24) is 5.32 Å². The number of thiophene rings is 2. The first-order chi connectivity index (χ1) is 10.3. The number of rotatable bonds is 6. The monoisotopic (exact) mass is 315 g/mol. The van der Waals surface area contributed by atoms with Crippen molar-refractivity contribution in [2.75, 3.05) is 6.54 Å². The van der Waals surface area contributed by atoms with Crippen LogP contribution in [0.15, 0.2) is 41.8 Å². The van der Waals surface area contributed by atoms with Crippen molar-refractivity contribution < 1.29 is 0 Å². The first kappa shape index (κ1) is 14.8. The summed E-state index contributed by atoms with van der Waals surface area (Å²) in [5.74, 6) is 0. The van der Waals surface area contributed by atoms with E-state index in [-0.39, 0.29) is 0 Å². The van der Waals surface area contributed by atoms with Crippen LogP contribution in [0.4, 0.5) is 0 Å². The van der Waals surface area contributed by atoms with E-state index in [1.165, 1.54) is 31.8 Å². The predicted molar refractivity (Wildman–Crippen MR) is 96.5 cm³/mol. The molecule has 3 aromatic rings. The summed E-state index contributed by atoms with van der Waals surface area (Å²) in [6.45, 7) is 5.56. The van der Waals surface area contributed by atoms with Gasteiger partial charge < -0.3 is 5.32 Å². The Labute approximate surface area is 134 Å². The molecule has 2 aromatic heterocycles. The smallest absolute Gasteiger partial charge is 0.0412 e. The standard InChI is InChI=1S/C18H21NS2/c1-3-10-19-15(4-2)18-8-7-17(21-18)13-5-6-16-14(12-13)9-11-20-16/h5-9,11-12,15,19H,3-4,10H2,1-2H3. The number of hydrogen-bond donors (Lipinski definition) is 1. The van der Waals surface area contributed by atoms with Crippen molar-refractivity contribution in [1.29, 1.82) is 0 Å². The van der Waals surface area contributed by atoms with Crippen LogP contribution in [-0.2, 0) is 0 Å². The highest BCUT2D eigenvalue weighted by Gasteiger charge is 2.12. The van der Waals surface area contributed by atoms with E-state index in [1.807, 2.05) is 22.7 Å².